The van der Waals surface area contributed by atoms with Crippen LogP contribution in [0.25, 0.3) is 0 Å². The standard InChI is InChI=1S/C16H20N2O/c1-5-14-10-13(4)16(19-14)18(11-12(2)3)15-8-6-7-9-17-15/h6-11H,5H2,1-4H3. The minimum absolute atomic E-state index is 0.844. The van der Waals surface area contributed by atoms with Gasteiger partial charge in [-0.1, -0.05) is 18.6 Å². The molecule has 3 heteroatoms. The molecule has 2 aromatic rings. The van der Waals surface area contributed by atoms with Gasteiger partial charge in [0.25, 0.3) is 0 Å². The van der Waals surface area contributed by atoms with Crippen LogP contribution in [-0.2, 0) is 6.42 Å². The lowest BCUT2D eigenvalue weighted by Crippen LogP contribution is -2.10. The van der Waals surface area contributed by atoms with Crippen LogP contribution >= 0.6 is 0 Å². The molecule has 100 valence electrons. The van der Waals surface area contributed by atoms with E-state index in [0.29, 0.717) is 0 Å². The smallest absolute Gasteiger partial charge is 0.208 e. The molecule has 19 heavy (non-hydrogen) atoms. The average Bonchev–Trinajstić information content (AvgIpc) is 2.78. The Kier molecular flexibility index (Phi) is 4.05. The maximum absolute atomic E-state index is 5.92. The molecule has 0 amide bonds. The maximum Gasteiger partial charge on any atom is 0.208 e. The summed E-state index contributed by atoms with van der Waals surface area (Å²) in [6.07, 6.45) is 4.74. The van der Waals surface area contributed by atoms with Crippen LogP contribution < -0.4 is 4.90 Å². The van der Waals surface area contributed by atoms with Crippen molar-refractivity contribution in [2.24, 2.45) is 0 Å². The van der Waals surface area contributed by atoms with Crippen LogP contribution in [0, 0.1) is 6.92 Å². The summed E-state index contributed by atoms with van der Waals surface area (Å²) in [5, 5.41) is 0. The highest BCUT2D eigenvalue weighted by Crippen LogP contribution is 2.30. The van der Waals surface area contributed by atoms with E-state index in [1.807, 2.05) is 29.3 Å². The van der Waals surface area contributed by atoms with Crippen LogP contribution in [0.15, 0.2) is 46.7 Å². The zero-order chi connectivity index (χ0) is 13.8. The summed E-state index contributed by atoms with van der Waals surface area (Å²) >= 11 is 0. The molecule has 0 atom stereocenters. The van der Waals surface area contributed by atoms with Crippen molar-refractivity contribution in [2.45, 2.75) is 34.1 Å². The number of furan rings is 1. The van der Waals surface area contributed by atoms with E-state index in [0.717, 1.165) is 29.4 Å². The predicted octanol–water partition coefficient (Wildman–Crippen LogP) is 4.61. The second kappa shape index (κ2) is 5.74. The van der Waals surface area contributed by atoms with Crippen molar-refractivity contribution in [3.05, 3.63) is 53.6 Å². The second-order valence-electron chi connectivity index (χ2n) is 4.82. The number of rotatable bonds is 4. The fourth-order valence-electron chi connectivity index (χ4n) is 1.93. The molecule has 2 heterocycles. The number of hydrogen-bond acceptors (Lipinski definition) is 3. The Hall–Kier alpha value is -2.03. The van der Waals surface area contributed by atoms with Gasteiger partial charge in [0.05, 0.1) is 0 Å². The van der Waals surface area contributed by atoms with Gasteiger partial charge in [0.15, 0.2) is 0 Å². The van der Waals surface area contributed by atoms with E-state index in [1.165, 1.54) is 5.57 Å². The Morgan fingerprint density at radius 2 is 2.16 bits per heavy atom. The third-order valence-electron chi connectivity index (χ3n) is 2.79. The first kappa shape index (κ1) is 13.4. The molecule has 0 fully saturated rings. The van der Waals surface area contributed by atoms with Crippen LogP contribution in [-0.4, -0.2) is 4.98 Å². The quantitative estimate of drug-likeness (QED) is 0.800. The Morgan fingerprint density at radius 1 is 1.37 bits per heavy atom. The second-order valence-corrected chi connectivity index (χ2v) is 4.82. The highest BCUT2D eigenvalue weighted by atomic mass is 16.4. The van der Waals surface area contributed by atoms with E-state index in [4.69, 9.17) is 4.42 Å². The molecular weight excluding hydrogens is 236 g/mol. The van der Waals surface area contributed by atoms with Crippen LogP contribution in [0.4, 0.5) is 11.7 Å². The van der Waals surface area contributed by atoms with Gasteiger partial charge in [-0.3, -0.25) is 4.90 Å². The fraction of sp³-hybridized carbons (Fsp3) is 0.312. The molecule has 3 nitrogen and oxygen atoms in total. The minimum atomic E-state index is 0.844. The predicted molar refractivity (Wildman–Crippen MR) is 78.6 cm³/mol. The maximum atomic E-state index is 5.92. The topological polar surface area (TPSA) is 29.3 Å². The van der Waals surface area contributed by atoms with Gasteiger partial charge in [-0.05, 0) is 39.0 Å². The molecule has 0 aliphatic carbocycles. The molecule has 0 N–H and O–H groups in total. The average molecular weight is 256 g/mol. The summed E-state index contributed by atoms with van der Waals surface area (Å²) in [4.78, 5) is 6.41. The van der Waals surface area contributed by atoms with E-state index in [1.54, 1.807) is 6.20 Å². The summed E-state index contributed by atoms with van der Waals surface area (Å²) in [5.74, 6) is 2.70. The lowest BCUT2D eigenvalue weighted by molar-refractivity contribution is 0.521. The summed E-state index contributed by atoms with van der Waals surface area (Å²) in [5.41, 5.74) is 2.32. The van der Waals surface area contributed by atoms with Crippen molar-refractivity contribution in [2.75, 3.05) is 4.90 Å². The lowest BCUT2D eigenvalue weighted by atomic mass is 10.2. The molecule has 0 unspecified atom stereocenters. The monoisotopic (exact) mass is 256 g/mol. The van der Waals surface area contributed by atoms with Gasteiger partial charge in [0, 0.05) is 24.4 Å². The number of aryl methyl sites for hydroxylation is 2. The van der Waals surface area contributed by atoms with Gasteiger partial charge >= 0.3 is 0 Å². The molecule has 0 aliphatic rings. The van der Waals surface area contributed by atoms with Gasteiger partial charge in [0.2, 0.25) is 5.88 Å². The molecule has 0 saturated carbocycles. The first-order chi connectivity index (χ1) is 9.11. The zero-order valence-corrected chi connectivity index (χ0v) is 12.0. The van der Waals surface area contributed by atoms with Gasteiger partial charge in [-0.25, -0.2) is 4.98 Å². The molecule has 0 saturated heterocycles. The summed E-state index contributed by atoms with van der Waals surface area (Å²) in [7, 11) is 0. The van der Waals surface area contributed by atoms with Crippen molar-refractivity contribution in [1.29, 1.82) is 0 Å². The lowest BCUT2D eigenvalue weighted by Gasteiger charge is -2.18. The summed E-state index contributed by atoms with van der Waals surface area (Å²) < 4.78 is 5.92. The van der Waals surface area contributed by atoms with Crippen molar-refractivity contribution >= 4 is 11.7 Å². The highest BCUT2D eigenvalue weighted by molar-refractivity contribution is 5.61. The minimum Gasteiger partial charge on any atom is -0.445 e. The molecule has 0 radical (unpaired) electrons. The van der Waals surface area contributed by atoms with Crippen LogP contribution in [0.1, 0.15) is 32.1 Å². The fourth-order valence-corrected chi connectivity index (χ4v) is 1.93. The first-order valence-corrected chi connectivity index (χ1v) is 6.56. The zero-order valence-electron chi connectivity index (χ0n) is 12.0. The van der Waals surface area contributed by atoms with Crippen LogP contribution in [0.5, 0.6) is 0 Å². The molecule has 2 rings (SSSR count). The summed E-state index contributed by atoms with van der Waals surface area (Å²) in [6.45, 7) is 8.28. The van der Waals surface area contributed by atoms with E-state index < -0.39 is 0 Å². The van der Waals surface area contributed by atoms with Crippen molar-refractivity contribution in [3.63, 3.8) is 0 Å². The first-order valence-electron chi connectivity index (χ1n) is 6.56. The van der Waals surface area contributed by atoms with Gasteiger partial charge in [0.1, 0.15) is 11.6 Å². The van der Waals surface area contributed by atoms with E-state index in [9.17, 15) is 0 Å². The largest absolute Gasteiger partial charge is 0.445 e. The van der Waals surface area contributed by atoms with Crippen LogP contribution in [0.3, 0.4) is 0 Å². The van der Waals surface area contributed by atoms with E-state index in [2.05, 4.69) is 38.7 Å². The SMILES string of the molecule is CCc1cc(C)c(N(C=C(C)C)c2ccccn2)o1. The molecule has 0 aliphatic heterocycles. The van der Waals surface area contributed by atoms with Gasteiger partial charge < -0.3 is 4.42 Å². The number of hydrogen-bond donors (Lipinski definition) is 0. The molecule has 0 spiro atoms. The number of nitrogens with zero attached hydrogens (tertiary/aromatic N) is 2. The molecule has 2 aromatic heterocycles. The third-order valence-corrected chi connectivity index (χ3v) is 2.79. The molecular formula is C16H20N2O. The Morgan fingerprint density at radius 3 is 2.68 bits per heavy atom. The molecule has 0 bridgehead atoms. The van der Waals surface area contributed by atoms with Crippen LogP contribution in [0.2, 0.25) is 0 Å². The third kappa shape index (κ3) is 3.05. The van der Waals surface area contributed by atoms with Crippen molar-refractivity contribution in [3.8, 4) is 0 Å². The van der Waals surface area contributed by atoms with Crippen molar-refractivity contribution < 1.29 is 4.42 Å². The number of allylic oxidation sites excluding steroid dienone is 1. The number of anilines is 2. The van der Waals surface area contributed by atoms with Gasteiger partial charge in [-0.15, -0.1) is 0 Å². The summed E-state index contributed by atoms with van der Waals surface area (Å²) in [6, 6.07) is 7.96. The van der Waals surface area contributed by atoms with Crippen molar-refractivity contribution in [1.82, 2.24) is 4.98 Å². The number of pyridine rings is 1. The van der Waals surface area contributed by atoms with E-state index in [-0.39, 0.29) is 0 Å². The number of aromatic nitrogens is 1. The van der Waals surface area contributed by atoms with E-state index >= 15 is 0 Å². The Labute approximate surface area is 114 Å². The molecule has 0 aromatic carbocycles. The van der Waals surface area contributed by atoms with Gasteiger partial charge in [-0.2, -0.15) is 0 Å². The Bertz CT molecular complexity index is 566. The highest BCUT2D eigenvalue weighted by Gasteiger charge is 2.15. The normalized spacial score (nSPS) is 10.3. The Balaban J connectivity index is 2.49.